The number of carbonyl (C=O) groups is 1. The third-order valence-electron chi connectivity index (χ3n) is 5.88. The first-order valence-corrected chi connectivity index (χ1v) is 13.0. The van der Waals surface area contributed by atoms with Gasteiger partial charge in [-0.1, -0.05) is 13.8 Å². The van der Waals surface area contributed by atoms with Crippen LogP contribution in [0.15, 0.2) is 40.8 Å². The molecular weight excluding hydrogens is 576 g/mol. The fraction of sp³-hybridized carbons (Fsp3) is 0.481. The van der Waals surface area contributed by atoms with Crippen LogP contribution in [0.1, 0.15) is 38.1 Å². The Morgan fingerprint density at radius 1 is 0.952 bits per heavy atom. The molecule has 0 saturated heterocycles. The summed E-state index contributed by atoms with van der Waals surface area (Å²) in [5, 5.41) is 0.697. The number of benzene rings is 1. The van der Waals surface area contributed by atoms with Crippen molar-refractivity contribution in [2.45, 2.75) is 64.1 Å². The summed E-state index contributed by atoms with van der Waals surface area (Å²) in [5.74, 6) is -0.516. The Morgan fingerprint density at radius 3 is 2.24 bits per heavy atom. The second-order valence-electron chi connectivity index (χ2n) is 9.11. The number of aromatic nitrogens is 1. The molecule has 4 N–H and O–H groups in total. The lowest BCUT2D eigenvalue weighted by Gasteiger charge is -2.26. The molecule has 9 nitrogen and oxygen atoms in total. The monoisotopic (exact) mass is 607 g/mol. The summed E-state index contributed by atoms with van der Waals surface area (Å²) < 4.78 is 105. The van der Waals surface area contributed by atoms with E-state index in [9.17, 15) is 31.1 Å². The Hall–Kier alpha value is -3.40. The highest BCUT2D eigenvalue weighted by molar-refractivity contribution is 5.84. The van der Waals surface area contributed by atoms with Gasteiger partial charge in [0.25, 0.3) is 0 Å². The maximum absolute atomic E-state index is 14.0. The third-order valence-corrected chi connectivity index (χ3v) is 5.88. The van der Waals surface area contributed by atoms with Crippen LogP contribution in [0.3, 0.4) is 0 Å². The summed E-state index contributed by atoms with van der Waals surface area (Å²) >= 11 is 0. The van der Waals surface area contributed by atoms with Crippen molar-refractivity contribution >= 4 is 16.9 Å². The largest absolute Gasteiger partial charge is 0.494 e. The fourth-order valence-corrected chi connectivity index (χ4v) is 3.70. The molecule has 232 valence electrons. The van der Waals surface area contributed by atoms with E-state index in [4.69, 9.17) is 20.6 Å². The molecule has 0 aliphatic rings. The minimum Gasteiger partial charge on any atom is -0.493 e. The molecule has 42 heavy (non-hydrogen) atoms. The van der Waals surface area contributed by atoms with Crippen molar-refractivity contribution in [1.29, 1.82) is 0 Å². The summed E-state index contributed by atoms with van der Waals surface area (Å²) in [5.41, 5.74) is 13.3. The highest BCUT2D eigenvalue weighted by atomic mass is 19.3. The van der Waals surface area contributed by atoms with Crippen LogP contribution in [0.4, 0.5) is 26.3 Å². The van der Waals surface area contributed by atoms with E-state index >= 15 is 0 Å². The molecule has 2 aromatic heterocycles. The number of nitrogens with two attached hydrogens (primary N) is 2. The van der Waals surface area contributed by atoms with Gasteiger partial charge in [0.05, 0.1) is 31.7 Å². The number of alkyl halides is 6. The van der Waals surface area contributed by atoms with E-state index in [1.165, 1.54) is 12.1 Å². The summed E-state index contributed by atoms with van der Waals surface area (Å²) in [4.78, 5) is 15.9. The van der Waals surface area contributed by atoms with E-state index in [2.05, 4.69) is 19.2 Å². The minimum absolute atomic E-state index is 0.0906. The molecule has 1 unspecified atom stereocenters. The van der Waals surface area contributed by atoms with Gasteiger partial charge in [-0.05, 0) is 43.2 Å². The molecule has 0 spiro atoms. The number of esters is 1. The third kappa shape index (κ3) is 9.31. The first-order chi connectivity index (χ1) is 19.7. The van der Waals surface area contributed by atoms with E-state index in [0.29, 0.717) is 23.2 Å². The number of furan rings is 1. The lowest BCUT2D eigenvalue weighted by molar-refractivity contribution is -0.514. The van der Waals surface area contributed by atoms with Crippen molar-refractivity contribution in [3.8, 4) is 17.1 Å². The molecule has 2 heterocycles. The summed E-state index contributed by atoms with van der Waals surface area (Å²) in [6.07, 6.45) is -16.3. The molecule has 0 aliphatic carbocycles. The molecule has 3 aromatic rings. The minimum atomic E-state index is -5.39. The van der Waals surface area contributed by atoms with Gasteiger partial charge in [0, 0.05) is 29.3 Å². The van der Waals surface area contributed by atoms with Crippen LogP contribution in [-0.2, 0) is 31.8 Å². The van der Waals surface area contributed by atoms with Crippen molar-refractivity contribution in [3.05, 3.63) is 47.8 Å². The quantitative estimate of drug-likeness (QED) is 0.125. The van der Waals surface area contributed by atoms with Crippen molar-refractivity contribution in [1.82, 2.24) is 4.98 Å². The average molecular weight is 608 g/mol. The zero-order chi connectivity index (χ0) is 31.1. The lowest BCUT2D eigenvalue weighted by atomic mass is 10.1. The lowest BCUT2D eigenvalue weighted by Crippen LogP contribution is -2.42. The number of rotatable bonds is 16. The van der Waals surface area contributed by atoms with Gasteiger partial charge >= 0.3 is 24.5 Å². The van der Waals surface area contributed by atoms with E-state index in [1.54, 1.807) is 12.1 Å². The van der Waals surface area contributed by atoms with E-state index in [0.717, 1.165) is 23.4 Å². The number of fused-ring (bicyclic) bond motifs is 1. The molecule has 1 atom stereocenters. The topological polar surface area (TPSA) is 132 Å². The van der Waals surface area contributed by atoms with Gasteiger partial charge in [0.2, 0.25) is 0 Å². The van der Waals surface area contributed by atoms with Crippen LogP contribution < -0.4 is 16.2 Å². The Balaban J connectivity index is 1.55. The predicted octanol–water partition coefficient (Wildman–Crippen LogP) is 5.38. The van der Waals surface area contributed by atoms with Crippen LogP contribution in [0, 0.1) is 0 Å². The molecule has 1 aromatic carbocycles. The number of aryl methyl sites for hydroxylation is 2. The summed E-state index contributed by atoms with van der Waals surface area (Å²) in [7, 11) is 0. The zero-order valence-electron chi connectivity index (χ0n) is 22.8. The van der Waals surface area contributed by atoms with E-state index in [1.807, 2.05) is 26.0 Å². The van der Waals surface area contributed by atoms with Crippen LogP contribution in [-0.4, -0.2) is 55.3 Å². The SMILES string of the molecule is CCc1ccc(-c2cc3ccc(OCCC(F)(F)OC(F)(F)OC(F)(F)CCOC(=O)C(N)CN)cc3o2)c(CC)n1. The Labute approximate surface area is 237 Å². The molecule has 0 bridgehead atoms. The summed E-state index contributed by atoms with van der Waals surface area (Å²) in [6.45, 7) is 1.70. The maximum atomic E-state index is 14.0. The number of hydrogen-bond donors (Lipinski definition) is 2. The molecule has 15 heteroatoms. The van der Waals surface area contributed by atoms with Crippen LogP contribution >= 0.6 is 0 Å². The normalized spacial score (nSPS) is 13.4. The molecule has 0 radical (unpaired) electrons. The number of hydrogen-bond acceptors (Lipinski definition) is 9. The highest BCUT2D eigenvalue weighted by Gasteiger charge is 2.52. The first kappa shape index (κ1) is 33.1. The number of halogens is 6. The molecule has 0 amide bonds. The number of pyridine rings is 1. The molecular formula is C27H31F6N3O6. The van der Waals surface area contributed by atoms with E-state index in [-0.39, 0.29) is 12.3 Å². The van der Waals surface area contributed by atoms with E-state index < -0.39 is 56.6 Å². The van der Waals surface area contributed by atoms with Crippen molar-refractivity contribution in [3.63, 3.8) is 0 Å². The van der Waals surface area contributed by atoms with Crippen molar-refractivity contribution in [2.24, 2.45) is 11.5 Å². The number of ether oxygens (including phenoxy) is 4. The molecule has 3 rings (SSSR count). The second kappa shape index (κ2) is 13.7. The van der Waals surface area contributed by atoms with Gasteiger partial charge in [0.15, 0.2) is 0 Å². The Morgan fingerprint density at radius 2 is 1.62 bits per heavy atom. The number of carbonyl (C=O) groups excluding carboxylic acids is 1. The average Bonchev–Trinajstić information content (AvgIpc) is 3.33. The van der Waals surface area contributed by atoms with Gasteiger partial charge in [-0.2, -0.15) is 17.6 Å². The predicted molar refractivity (Wildman–Crippen MR) is 138 cm³/mol. The van der Waals surface area contributed by atoms with Gasteiger partial charge in [0.1, 0.15) is 23.1 Å². The van der Waals surface area contributed by atoms with Crippen molar-refractivity contribution < 1.29 is 54.5 Å². The summed E-state index contributed by atoms with van der Waals surface area (Å²) in [6, 6.07) is 8.81. The van der Waals surface area contributed by atoms with Crippen LogP contribution in [0.25, 0.3) is 22.3 Å². The van der Waals surface area contributed by atoms with Gasteiger partial charge < -0.3 is 25.4 Å². The van der Waals surface area contributed by atoms with Gasteiger partial charge in [-0.25, -0.2) is 9.47 Å². The van der Waals surface area contributed by atoms with Crippen molar-refractivity contribution in [2.75, 3.05) is 19.8 Å². The smallest absolute Gasteiger partial charge is 0.493 e. The molecule has 0 fully saturated rings. The fourth-order valence-electron chi connectivity index (χ4n) is 3.70. The molecule has 0 saturated carbocycles. The zero-order valence-corrected chi connectivity index (χ0v) is 22.8. The Bertz CT molecular complexity index is 1350. The second-order valence-corrected chi connectivity index (χ2v) is 9.11. The standard InChI is InChI=1S/C27H31F6N3O6/c1-3-17-6-8-19(21(4-2)36-17)23-13-16-5-7-18(14-22(16)40-23)38-11-9-25(28,29)41-27(32,33)42-26(30,31)10-12-39-24(37)20(35)15-34/h5-8,13-14,20H,3-4,9-12,15,34-35H2,1-2H3. The Kier molecular flexibility index (Phi) is 10.8. The van der Waals surface area contributed by atoms with Gasteiger partial charge in [-0.3, -0.25) is 9.78 Å². The maximum Gasteiger partial charge on any atom is 0.494 e. The first-order valence-electron chi connectivity index (χ1n) is 13.0. The van der Waals surface area contributed by atoms with Crippen LogP contribution in [0.5, 0.6) is 5.75 Å². The van der Waals surface area contributed by atoms with Crippen LogP contribution in [0.2, 0.25) is 0 Å². The van der Waals surface area contributed by atoms with Gasteiger partial charge in [-0.15, -0.1) is 8.78 Å². The number of nitrogens with zero attached hydrogens (tertiary/aromatic N) is 1. The highest BCUT2D eigenvalue weighted by Crippen LogP contribution is 2.36. The molecule has 0 aliphatic heterocycles.